The third-order valence-electron chi connectivity index (χ3n) is 1.86. The first-order chi connectivity index (χ1) is 4.86. The van der Waals surface area contributed by atoms with Crippen molar-refractivity contribution in [2.45, 2.75) is 25.7 Å². The molecule has 1 atom stereocenters. The standard InChI is InChI=1S/C7H10NOP/c10-7-8-5-3-1-2-4-6(5)9-7/h1-4,10H2. The quantitative estimate of drug-likeness (QED) is 0.523. The highest BCUT2D eigenvalue weighted by molar-refractivity contribution is 7.26. The molecule has 0 saturated carbocycles. The Hall–Kier alpha value is -0.360. The Balaban J connectivity index is 2.41. The van der Waals surface area contributed by atoms with Crippen molar-refractivity contribution in [1.82, 2.24) is 4.98 Å². The Labute approximate surface area is 62.2 Å². The fraction of sp³-hybridized carbons (Fsp3) is 0.571. The van der Waals surface area contributed by atoms with Crippen LogP contribution in [0.25, 0.3) is 0 Å². The molecule has 1 heterocycles. The zero-order valence-corrected chi connectivity index (χ0v) is 6.92. The summed E-state index contributed by atoms with van der Waals surface area (Å²) in [6, 6.07) is 0. The van der Waals surface area contributed by atoms with Crippen LogP contribution in [0, 0.1) is 0 Å². The Bertz CT molecular complexity index is 220. The van der Waals surface area contributed by atoms with Crippen molar-refractivity contribution in [3.8, 4) is 0 Å². The topological polar surface area (TPSA) is 26.0 Å². The van der Waals surface area contributed by atoms with E-state index in [-0.39, 0.29) is 0 Å². The molecule has 0 fully saturated rings. The van der Waals surface area contributed by atoms with Crippen LogP contribution in [0.5, 0.6) is 0 Å². The van der Waals surface area contributed by atoms with Gasteiger partial charge in [-0.3, -0.25) is 0 Å². The summed E-state index contributed by atoms with van der Waals surface area (Å²) >= 11 is 0. The number of hydrogen-bond donors (Lipinski definition) is 0. The molecule has 0 saturated heterocycles. The Morgan fingerprint density at radius 3 is 2.90 bits per heavy atom. The van der Waals surface area contributed by atoms with E-state index in [1.54, 1.807) is 0 Å². The maximum absolute atomic E-state index is 5.36. The normalized spacial score (nSPS) is 16.9. The van der Waals surface area contributed by atoms with Crippen LogP contribution >= 0.6 is 9.24 Å². The van der Waals surface area contributed by atoms with Gasteiger partial charge < -0.3 is 4.42 Å². The number of hydrogen-bond acceptors (Lipinski definition) is 2. The number of fused-ring (bicyclic) bond motifs is 1. The molecule has 1 aliphatic rings. The molecule has 0 aromatic carbocycles. The summed E-state index contributed by atoms with van der Waals surface area (Å²) in [5.41, 5.74) is 1.92. The van der Waals surface area contributed by atoms with Crippen molar-refractivity contribution in [3.63, 3.8) is 0 Å². The molecule has 0 aliphatic heterocycles. The van der Waals surface area contributed by atoms with E-state index >= 15 is 0 Å². The third-order valence-corrected chi connectivity index (χ3v) is 2.11. The van der Waals surface area contributed by atoms with E-state index in [0.717, 1.165) is 24.2 Å². The zero-order valence-electron chi connectivity index (χ0n) is 5.76. The highest BCUT2D eigenvalue weighted by Crippen LogP contribution is 2.18. The highest BCUT2D eigenvalue weighted by Gasteiger charge is 2.14. The summed E-state index contributed by atoms with van der Waals surface area (Å²) in [5.74, 6) is 1.11. The second kappa shape index (κ2) is 2.35. The lowest BCUT2D eigenvalue weighted by molar-refractivity contribution is 0.499. The second-order valence-electron chi connectivity index (χ2n) is 2.63. The molecular formula is C7H10NOP. The predicted octanol–water partition coefficient (Wildman–Crippen LogP) is 1.05. The summed E-state index contributed by atoms with van der Waals surface area (Å²) in [6.07, 6.45) is 4.71. The third kappa shape index (κ3) is 0.969. The van der Waals surface area contributed by atoms with Crippen LogP contribution < -0.4 is 5.63 Å². The molecule has 2 rings (SSSR count). The molecule has 1 unspecified atom stereocenters. The molecule has 0 spiro atoms. The average Bonchev–Trinajstić information content (AvgIpc) is 2.27. The van der Waals surface area contributed by atoms with Crippen LogP contribution in [0.2, 0.25) is 0 Å². The second-order valence-corrected chi connectivity index (χ2v) is 3.12. The van der Waals surface area contributed by atoms with Crippen LogP contribution in [0.3, 0.4) is 0 Å². The van der Waals surface area contributed by atoms with Crippen molar-refractivity contribution in [3.05, 3.63) is 11.5 Å². The first-order valence-electron chi connectivity index (χ1n) is 3.60. The fourth-order valence-corrected chi connectivity index (χ4v) is 1.67. The van der Waals surface area contributed by atoms with E-state index < -0.39 is 0 Å². The average molecular weight is 155 g/mol. The molecule has 2 nitrogen and oxygen atoms in total. The van der Waals surface area contributed by atoms with Crippen molar-refractivity contribution in [2.24, 2.45) is 0 Å². The lowest BCUT2D eigenvalue weighted by atomic mass is 10.0. The van der Waals surface area contributed by atoms with Gasteiger partial charge >= 0.3 is 0 Å². The molecule has 1 aromatic heterocycles. The smallest absolute Gasteiger partial charge is 0.210 e. The van der Waals surface area contributed by atoms with Crippen molar-refractivity contribution < 1.29 is 4.42 Å². The molecule has 0 radical (unpaired) electrons. The predicted molar refractivity (Wildman–Crippen MR) is 42.5 cm³/mol. The number of nitrogens with zero attached hydrogens (tertiary/aromatic N) is 1. The molecule has 1 aromatic rings. The van der Waals surface area contributed by atoms with Gasteiger partial charge in [0.1, 0.15) is 5.76 Å². The van der Waals surface area contributed by atoms with Crippen LogP contribution in [0.4, 0.5) is 0 Å². The molecule has 10 heavy (non-hydrogen) atoms. The minimum Gasteiger partial charge on any atom is -0.442 e. The van der Waals surface area contributed by atoms with Gasteiger partial charge in [0.2, 0.25) is 5.63 Å². The lowest BCUT2D eigenvalue weighted by Crippen LogP contribution is -1.99. The van der Waals surface area contributed by atoms with Gasteiger partial charge in [-0.2, -0.15) is 0 Å². The molecular weight excluding hydrogens is 145 g/mol. The fourth-order valence-electron chi connectivity index (χ4n) is 1.37. The SMILES string of the molecule is Pc1nc2c(o1)CCCC2. The first-order valence-corrected chi connectivity index (χ1v) is 4.18. The number of oxazole rings is 1. The van der Waals surface area contributed by atoms with Crippen LogP contribution in [-0.2, 0) is 12.8 Å². The van der Waals surface area contributed by atoms with E-state index in [1.165, 1.54) is 18.5 Å². The van der Waals surface area contributed by atoms with Gasteiger partial charge in [0.25, 0.3) is 0 Å². The summed E-state index contributed by atoms with van der Waals surface area (Å²) in [7, 11) is 2.49. The minimum absolute atomic E-state index is 0.743. The zero-order chi connectivity index (χ0) is 6.97. The van der Waals surface area contributed by atoms with E-state index in [9.17, 15) is 0 Å². The molecule has 0 amide bonds. The van der Waals surface area contributed by atoms with Gasteiger partial charge in [-0.1, -0.05) is 0 Å². The first kappa shape index (κ1) is 6.36. The van der Waals surface area contributed by atoms with Gasteiger partial charge in [-0.25, -0.2) is 4.98 Å². The Morgan fingerprint density at radius 1 is 1.30 bits per heavy atom. The number of rotatable bonds is 0. The van der Waals surface area contributed by atoms with E-state index in [4.69, 9.17) is 4.42 Å². The van der Waals surface area contributed by atoms with Crippen molar-refractivity contribution >= 4 is 14.9 Å². The van der Waals surface area contributed by atoms with Gasteiger partial charge in [-0.15, -0.1) is 0 Å². The van der Waals surface area contributed by atoms with Crippen LogP contribution in [-0.4, -0.2) is 4.98 Å². The molecule has 0 N–H and O–H groups in total. The summed E-state index contributed by atoms with van der Waals surface area (Å²) in [5, 5.41) is 0. The van der Waals surface area contributed by atoms with Crippen molar-refractivity contribution in [1.29, 1.82) is 0 Å². The van der Waals surface area contributed by atoms with E-state index in [1.807, 2.05) is 0 Å². The molecule has 54 valence electrons. The lowest BCUT2D eigenvalue weighted by Gasteiger charge is -2.05. The maximum Gasteiger partial charge on any atom is 0.210 e. The highest BCUT2D eigenvalue weighted by atomic mass is 31.0. The summed E-state index contributed by atoms with van der Waals surface area (Å²) < 4.78 is 5.36. The Kier molecular flexibility index (Phi) is 1.50. The summed E-state index contributed by atoms with van der Waals surface area (Å²) in [6.45, 7) is 0. The molecule has 1 aliphatic carbocycles. The van der Waals surface area contributed by atoms with Gasteiger partial charge in [0.15, 0.2) is 0 Å². The monoisotopic (exact) mass is 155 g/mol. The van der Waals surface area contributed by atoms with Gasteiger partial charge in [0.05, 0.1) is 5.69 Å². The largest absolute Gasteiger partial charge is 0.442 e. The number of aromatic nitrogens is 1. The van der Waals surface area contributed by atoms with Gasteiger partial charge in [-0.05, 0) is 28.5 Å². The van der Waals surface area contributed by atoms with E-state index in [2.05, 4.69) is 14.2 Å². The van der Waals surface area contributed by atoms with Gasteiger partial charge in [0, 0.05) is 6.42 Å². The van der Waals surface area contributed by atoms with E-state index in [0.29, 0.717) is 0 Å². The minimum atomic E-state index is 0.743. The van der Waals surface area contributed by atoms with Crippen LogP contribution in [0.1, 0.15) is 24.3 Å². The molecule has 3 heteroatoms. The Morgan fingerprint density at radius 2 is 2.10 bits per heavy atom. The maximum atomic E-state index is 5.36. The summed E-state index contributed by atoms with van der Waals surface area (Å²) in [4.78, 5) is 4.25. The van der Waals surface area contributed by atoms with Crippen molar-refractivity contribution in [2.75, 3.05) is 0 Å². The van der Waals surface area contributed by atoms with Crippen LogP contribution in [0.15, 0.2) is 4.42 Å². The number of aryl methyl sites for hydroxylation is 2. The molecule has 0 bridgehead atoms.